The standard InChI is InChI=1S/C26H22N2O4/c1-17-9-11-19(31-17)13-15-25(29)27-23-7-3-6-22-21(23)5-4-8-24(22)28-26(30)16-14-20-12-10-18(2)32-20/h3-16H,1-2H3,(H,27,29)(H,28,30)/b15-13+,16-14+. The van der Waals surface area contributed by atoms with E-state index in [1.165, 1.54) is 12.2 Å². The Morgan fingerprint density at radius 2 is 1.09 bits per heavy atom. The Kier molecular flexibility index (Phi) is 6.03. The fourth-order valence-electron chi connectivity index (χ4n) is 3.28. The Bertz CT molecular complexity index is 1240. The first-order valence-corrected chi connectivity index (χ1v) is 10.1. The molecule has 6 heteroatoms. The molecule has 0 aliphatic rings. The van der Waals surface area contributed by atoms with Crippen molar-refractivity contribution in [3.8, 4) is 0 Å². The van der Waals surface area contributed by atoms with Crippen LogP contribution in [0.3, 0.4) is 0 Å². The third-order valence-electron chi connectivity index (χ3n) is 4.76. The molecule has 0 fully saturated rings. The number of rotatable bonds is 6. The first-order valence-electron chi connectivity index (χ1n) is 10.1. The van der Waals surface area contributed by atoms with Crippen LogP contribution in [0.25, 0.3) is 22.9 Å². The van der Waals surface area contributed by atoms with Crippen molar-refractivity contribution in [2.45, 2.75) is 13.8 Å². The van der Waals surface area contributed by atoms with Crippen molar-refractivity contribution in [3.63, 3.8) is 0 Å². The number of benzene rings is 2. The second-order valence-corrected chi connectivity index (χ2v) is 7.25. The SMILES string of the molecule is Cc1ccc(/C=C/C(=O)Nc2cccc3c(NC(=O)/C=C/c4ccc(C)o4)cccc23)o1. The summed E-state index contributed by atoms with van der Waals surface area (Å²) in [5.74, 6) is 2.22. The molecule has 0 saturated carbocycles. The van der Waals surface area contributed by atoms with E-state index in [1.807, 2.05) is 62.4 Å². The predicted molar refractivity (Wildman–Crippen MR) is 126 cm³/mol. The molecule has 2 heterocycles. The summed E-state index contributed by atoms with van der Waals surface area (Å²) in [6.45, 7) is 3.69. The molecule has 0 unspecified atom stereocenters. The van der Waals surface area contributed by atoms with E-state index in [-0.39, 0.29) is 11.8 Å². The topological polar surface area (TPSA) is 84.5 Å². The molecule has 0 bridgehead atoms. The summed E-state index contributed by atoms with van der Waals surface area (Å²) in [6.07, 6.45) is 6.08. The van der Waals surface area contributed by atoms with Gasteiger partial charge in [0.1, 0.15) is 23.0 Å². The zero-order chi connectivity index (χ0) is 22.5. The number of nitrogens with one attached hydrogen (secondary N) is 2. The molecule has 4 aromatic rings. The van der Waals surface area contributed by atoms with E-state index in [9.17, 15) is 9.59 Å². The molecule has 0 aliphatic carbocycles. The average molecular weight is 426 g/mol. The fraction of sp³-hybridized carbons (Fsp3) is 0.0769. The molecular formula is C26H22N2O4. The number of fused-ring (bicyclic) bond motifs is 1. The lowest BCUT2D eigenvalue weighted by Gasteiger charge is -2.11. The van der Waals surface area contributed by atoms with E-state index >= 15 is 0 Å². The second kappa shape index (κ2) is 9.22. The predicted octanol–water partition coefficient (Wildman–Crippen LogP) is 5.95. The number of carbonyl (C=O) groups excluding carboxylic acids is 2. The van der Waals surface area contributed by atoms with Gasteiger partial charge in [-0.1, -0.05) is 24.3 Å². The summed E-state index contributed by atoms with van der Waals surface area (Å²) in [7, 11) is 0. The van der Waals surface area contributed by atoms with Crippen LogP contribution in [0.5, 0.6) is 0 Å². The maximum Gasteiger partial charge on any atom is 0.248 e. The zero-order valence-electron chi connectivity index (χ0n) is 17.7. The maximum atomic E-state index is 12.4. The van der Waals surface area contributed by atoms with Crippen LogP contribution in [0.15, 0.2) is 81.7 Å². The van der Waals surface area contributed by atoms with Crippen LogP contribution in [0.2, 0.25) is 0 Å². The van der Waals surface area contributed by atoms with Crippen molar-refractivity contribution in [1.82, 2.24) is 0 Å². The molecule has 0 radical (unpaired) electrons. The molecule has 2 N–H and O–H groups in total. The third-order valence-corrected chi connectivity index (χ3v) is 4.76. The number of hydrogen-bond donors (Lipinski definition) is 2. The van der Waals surface area contributed by atoms with Crippen molar-refractivity contribution >= 4 is 46.1 Å². The van der Waals surface area contributed by atoms with E-state index in [1.54, 1.807) is 24.3 Å². The van der Waals surface area contributed by atoms with E-state index in [4.69, 9.17) is 8.83 Å². The lowest BCUT2D eigenvalue weighted by molar-refractivity contribution is -0.112. The van der Waals surface area contributed by atoms with Crippen LogP contribution in [0.1, 0.15) is 23.0 Å². The largest absolute Gasteiger partial charge is 0.462 e. The highest BCUT2D eigenvalue weighted by atomic mass is 16.3. The third kappa shape index (κ3) is 5.05. The molecule has 32 heavy (non-hydrogen) atoms. The van der Waals surface area contributed by atoms with Gasteiger partial charge in [0.2, 0.25) is 11.8 Å². The summed E-state index contributed by atoms with van der Waals surface area (Å²) in [5.41, 5.74) is 1.29. The van der Waals surface area contributed by atoms with Gasteiger partial charge in [0.05, 0.1) is 0 Å². The van der Waals surface area contributed by atoms with Gasteiger partial charge in [0.15, 0.2) is 0 Å². The van der Waals surface area contributed by atoms with E-state index < -0.39 is 0 Å². The van der Waals surface area contributed by atoms with Gasteiger partial charge in [-0.25, -0.2) is 0 Å². The van der Waals surface area contributed by atoms with Gasteiger partial charge < -0.3 is 19.5 Å². The minimum atomic E-state index is -0.280. The number of hydrogen-bond acceptors (Lipinski definition) is 4. The number of aryl methyl sites for hydroxylation is 2. The summed E-state index contributed by atoms with van der Waals surface area (Å²) < 4.78 is 10.9. The minimum absolute atomic E-state index is 0.280. The molecule has 160 valence electrons. The zero-order valence-corrected chi connectivity index (χ0v) is 17.7. The molecular weight excluding hydrogens is 404 g/mol. The van der Waals surface area contributed by atoms with Gasteiger partial charge in [0.25, 0.3) is 0 Å². The monoisotopic (exact) mass is 426 g/mol. The lowest BCUT2D eigenvalue weighted by Crippen LogP contribution is -2.10. The number of furan rings is 2. The molecule has 4 rings (SSSR count). The van der Waals surface area contributed by atoms with Gasteiger partial charge in [-0.2, -0.15) is 0 Å². The number of amides is 2. The van der Waals surface area contributed by atoms with E-state index in [0.29, 0.717) is 22.9 Å². The summed E-state index contributed by atoms with van der Waals surface area (Å²) >= 11 is 0. The molecule has 2 aromatic heterocycles. The van der Waals surface area contributed by atoms with Crippen molar-refractivity contribution in [3.05, 3.63) is 95.9 Å². The normalized spacial score (nSPS) is 11.4. The number of anilines is 2. The van der Waals surface area contributed by atoms with Crippen molar-refractivity contribution in [2.75, 3.05) is 10.6 Å². The van der Waals surface area contributed by atoms with Gasteiger partial charge in [-0.15, -0.1) is 0 Å². The van der Waals surface area contributed by atoms with Crippen LogP contribution in [0.4, 0.5) is 11.4 Å². The minimum Gasteiger partial charge on any atom is -0.462 e. The first kappa shape index (κ1) is 20.9. The molecule has 2 amide bonds. The Balaban J connectivity index is 1.50. The summed E-state index contributed by atoms with van der Waals surface area (Å²) in [4.78, 5) is 24.8. The van der Waals surface area contributed by atoms with Crippen molar-refractivity contribution in [2.24, 2.45) is 0 Å². The van der Waals surface area contributed by atoms with Crippen LogP contribution in [-0.2, 0) is 9.59 Å². The van der Waals surface area contributed by atoms with E-state index in [2.05, 4.69) is 10.6 Å². The van der Waals surface area contributed by atoms with Crippen molar-refractivity contribution < 1.29 is 18.4 Å². The highest BCUT2D eigenvalue weighted by Gasteiger charge is 2.08. The Morgan fingerprint density at radius 1 is 0.656 bits per heavy atom. The summed E-state index contributed by atoms with van der Waals surface area (Å²) in [5, 5.41) is 7.39. The molecule has 0 atom stereocenters. The molecule has 6 nitrogen and oxygen atoms in total. The van der Waals surface area contributed by atoms with Crippen molar-refractivity contribution in [1.29, 1.82) is 0 Å². The van der Waals surface area contributed by atoms with Crippen LogP contribution in [-0.4, -0.2) is 11.8 Å². The Labute approximate surface area is 185 Å². The van der Waals surface area contributed by atoms with Crippen LogP contribution < -0.4 is 10.6 Å². The lowest BCUT2D eigenvalue weighted by atomic mass is 10.1. The highest BCUT2D eigenvalue weighted by Crippen LogP contribution is 2.29. The number of carbonyl (C=O) groups is 2. The van der Waals surface area contributed by atoms with Gasteiger partial charge in [-0.3, -0.25) is 9.59 Å². The van der Waals surface area contributed by atoms with E-state index in [0.717, 1.165) is 22.3 Å². The average Bonchev–Trinajstić information content (AvgIpc) is 3.39. The van der Waals surface area contributed by atoms with Gasteiger partial charge in [0, 0.05) is 34.3 Å². The fourth-order valence-corrected chi connectivity index (χ4v) is 3.28. The highest BCUT2D eigenvalue weighted by molar-refractivity contribution is 6.12. The molecule has 0 spiro atoms. The van der Waals surface area contributed by atoms with Crippen LogP contribution in [0, 0.1) is 13.8 Å². The van der Waals surface area contributed by atoms with Gasteiger partial charge >= 0.3 is 0 Å². The Morgan fingerprint density at radius 3 is 1.47 bits per heavy atom. The smallest absolute Gasteiger partial charge is 0.248 e. The summed E-state index contributed by atoms with van der Waals surface area (Å²) in [6, 6.07) is 18.3. The molecule has 0 saturated heterocycles. The Hall–Kier alpha value is -4.32. The van der Waals surface area contributed by atoms with Crippen LogP contribution >= 0.6 is 0 Å². The maximum absolute atomic E-state index is 12.4. The molecule has 0 aliphatic heterocycles. The molecule has 2 aromatic carbocycles. The van der Waals surface area contributed by atoms with Gasteiger partial charge in [-0.05, 0) is 62.4 Å². The quantitative estimate of drug-likeness (QED) is 0.373. The first-order chi connectivity index (χ1) is 15.5. The second-order valence-electron chi connectivity index (χ2n) is 7.25.